The number of rotatable bonds is 5. The summed E-state index contributed by atoms with van der Waals surface area (Å²) < 4.78 is 5.87. The Labute approximate surface area is 124 Å². The minimum absolute atomic E-state index is 0.0782. The Morgan fingerprint density at radius 1 is 1.00 bits per heavy atom. The molecule has 0 spiro atoms. The quantitative estimate of drug-likeness (QED) is 0.880. The molecule has 0 saturated carbocycles. The monoisotopic (exact) mass is 277 g/mol. The Hall–Kier alpha value is -0.860. The summed E-state index contributed by atoms with van der Waals surface area (Å²) in [5.74, 6) is 0. The van der Waals surface area contributed by atoms with Gasteiger partial charge in [-0.05, 0) is 50.8 Å². The first kappa shape index (κ1) is 17.2. The number of benzene rings is 1. The summed E-state index contributed by atoms with van der Waals surface area (Å²) in [7, 11) is 2.00. The van der Waals surface area contributed by atoms with Gasteiger partial charge in [0, 0.05) is 6.04 Å². The molecule has 1 aromatic carbocycles. The molecule has 1 atom stereocenters. The molecule has 2 heteroatoms. The van der Waals surface area contributed by atoms with Crippen LogP contribution in [-0.4, -0.2) is 25.3 Å². The summed E-state index contributed by atoms with van der Waals surface area (Å²) in [6.07, 6.45) is 0.997. The van der Waals surface area contributed by atoms with Gasteiger partial charge in [-0.3, -0.25) is 0 Å². The highest BCUT2D eigenvalue weighted by molar-refractivity contribution is 5.28. The molecule has 0 aliphatic heterocycles. The number of hydrogen-bond acceptors (Lipinski definition) is 2. The van der Waals surface area contributed by atoms with Crippen LogP contribution in [-0.2, 0) is 16.6 Å². The second-order valence-corrected chi connectivity index (χ2v) is 7.56. The highest BCUT2D eigenvalue weighted by Gasteiger charge is 2.16. The molecule has 114 valence electrons. The minimum Gasteiger partial charge on any atom is -0.374 e. The van der Waals surface area contributed by atoms with Crippen LogP contribution in [0.4, 0.5) is 0 Å². The van der Waals surface area contributed by atoms with E-state index in [4.69, 9.17) is 4.74 Å². The van der Waals surface area contributed by atoms with E-state index in [2.05, 4.69) is 71.1 Å². The molecule has 0 saturated heterocycles. The molecule has 1 rings (SSSR count). The lowest BCUT2D eigenvalue weighted by molar-refractivity contribution is -0.0134. The van der Waals surface area contributed by atoms with Crippen LogP contribution in [0, 0.1) is 0 Å². The van der Waals surface area contributed by atoms with Crippen LogP contribution in [0.3, 0.4) is 0 Å². The van der Waals surface area contributed by atoms with E-state index in [1.807, 2.05) is 7.05 Å². The molecule has 1 unspecified atom stereocenters. The van der Waals surface area contributed by atoms with Crippen LogP contribution in [0.2, 0.25) is 0 Å². The van der Waals surface area contributed by atoms with E-state index in [9.17, 15) is 0 Å². The van der Waals surface area contributed by atoms with Gasteiger partial charge in [-0.2, -0.15) is 0 Å². The van der Waals surface area contributed by atoms with Crippen LogP contribution in [0.5, 0.6) is 0 Å². The van der Waals surface area contributed by atoms with Crippen LogP contribution in [0.25, 0.3) is 0 Å². The maximum atomic E-state index is 5.87. The Kier molecular flexibility index (Phi) is 5.79. The SMILES string of the molecule is CNC(COC(C)(C)C)Cc1ccc(C(C)(C)C)cc1. The smallest absolute Gasteiger partial charge is 0.0629 e. The predicted octanol–water partition coefficient (Wildman–Crippen LogP) is 3.93. The summed E-state index contributed by atoms with van der Waals surface area (Å²) in [6, 6.07) is 9.32. The summed E-state index contributed by atoms with van der Waals surface area (Å²) >= 11 is 0. The molecule has 2 nitrogen and oxygen atoms in total. The average molecular weight is 277 g/mol. The van der Waals surface area contributed by atoms with Gasteiger partial charge in [-0.15, -0.1) is 0 Å². The van der Waals surface area contributed by atoms with Gasteiger partial charge in [0.2, 0.25) is 0 Å². The van der Waals surface area contributed by atoms with Gasteiger partial charge in [0.15, 0.2) is 0 Å². The summed E-state index contributed by atoms with van der Waals surface area (Å²) in [6.45, 7) is 13.8. The van der Waals surface area contributed by atoms with Crippen LogP contribution in [0.15, 0.2) is 24.3 Å². The van der Waals surface area contributed by atoms with Gasteiger partial charge in [-0.1, -0.05) is 45.0 Å². The van der Waals surface area contributed by atoms with Crippen molar-refractivity contribution in [2.75, 3.05) is 13.7 Å². The Balaban J connectivity index is 2.62. The lowest BCUT2D eigenvalue weighted by atomic mass is 9.86. The second-order valence-electron chi connectivity index (χ2n) is 7.56. The maximum absolute atomic E-state index is 5.87. The standard InChI is InChI=1S/C18H31NO/c1-17(2,3)15-10-8-14(9-11-15)12-16(19-7)13-20-18(4,5)6/h8-11,16,19H,12-13H2,1-7H3. The zero-order valence-corrected chi connectivity index (χ0v) is 14.2. The van der Waals surface area contributed by atoms with Gasteiger partial charge in [0.25, 0.3) is 0 Å². The van der Waals surface area contributed by atoms with Crippen molar-refractivity contribution in [3.63, 3.8) is 0 Å². The fraction of sp³-hybridized carbons (Fsp3) is 0.667. The van der Waals surface area contributed by atoms with E-state index >= 15 is 0 Å². The van der Waals surface area contributed by atoms with E-state index in [0.717, 1.165) is 13.0 Å². The molecule has 0 amide bonds. The minimum atomic E-state index is -0.0782. The Bertz CT molecular complexity index is 395. The topological polar surface area (TPSA) is 21.3 Å². The molecule has 0 fully saturated rings. The molecule has 20 heavy (non-hydrogen) atoms. The molecular weight excluding hydrogens is 246 g/mol. The third-order valence-electron chi connectivity index (χ3n) is 3.43. The van der Waals surface area contributed by atoms with E-state index < -0.39 is 0 Å². The van der Waals surface area contributed by atoms with E-state index in [0.29, 0.717) is 6.04 Å². The third kappa shape index (κ3) is 6.06. The first-order valence-corrected chi connectivity index (χ1v) is 7.52. The molecule has 1 aromatic rings. The van der Waals surface area contributed by atoms with Crippen molar-refractivity contribution in [3.05, 3.63) is 35.4 Å². The molecule has 0 aromatic heterocycles. The number of nitrogens with one attached hydrogen (secondary N) is 1. The normalized spacial score (nSPS) is 14.3. The summed E-state index contributed by atoms with van der Waals surface area (Å²) in [5, 5.41) is 3.34. The van der Waals surface area contributed by atoms with Crippen molar-refractivity contribution in [1.82, 2.24) is 5.32 Å². The fourth-order valence-corrected chi connectivity index (χ4v) is 2.02. The van der Waals surface area contributed by atoms with Gasteiger partial charge in [-0.25, -0.2) is 0 Å². The van der Waals surface area contributed by atoms with Crippen LogP contribution < -0.4 is 5.32 Å². The van der Waals surface area contributed by atoms with E-state index in [1.54, 1.807) is 0 Å². The van der Waals surface area contributed by atoms with Crippen molar-refractivity contribution in [1.29, 1.82) is 0 Å². The van der Waals surface area contributed by atoms with Crippen molar-refractivity contribution in [2.45, 2.75) is 65.0 Å². The first-order chi connectivity index (χ1) is 9.12. The Morgan fingerprint density at radius 3 is 1.95 bits per heavy atom. The van der Waals surface area contributed by atoms with Gasteiger partial charge >= 0.3 is 0 Å². The first-order valence-electron chi connectivity index (χ1n) is 7.52. The lowest BCUT2D eigenvalue weighted by Crippen LogP contribution is -2.36. The zero-order valence-electron chi connectivity index (χ0n) is 14.2. The molecule has 0 bridgehead atoms. The lowest BCUT2D eigenvalue weighted by Gasteiger charge is -2.25. The van der Waals surface area contributed by atoms with Gasteiger partial charge in [0.05, 0.1) is 12.2 Å². The van der Waals surface area contributed by atoms with Crippen molar-refractivity contribution in [3.8, 4) is 0 Å². The Morgan fingerprint density at radius 2 is 1.55 bits per heavy atom. The molecule has 0 heterocycles. The van der Waals surface area contributed by atoms with E-state index in [-0.39, 0.29) is 11.0 Å². The van der Waals surface area contributed by atoms with Gasteiger partial charge in [0.1, 0.15) is 0 Å². The molecule has 0 aliphatic carbocycles. The molecular formula is C18H31NO. The maximum Gasteiger partial charge on any atom is 0.0629 e. The summed E-state index contributed by atoms with van der Waals surface area (Å²) in [4.78, 5) is 0. The largest absolute Gasteiger partial charge is 0.374 e. The molecule has 0 radical (unpaired) electrons. The average Bonchev–Trinajstić information content (AvgIpc) is 2.33. The molecule has 1 N–H and O–H groups in total. The van der Waals surface area contributed by atoms with Crippen LogP contribution in [0.1, 0.15) is 52.7 Å². The highest BCUT2D eigenvalue weighted by Crippen LogP contribution is 2.22. The van der Waals surface area contributed by atoms with Crippen molar-refractivity contribution >= 4 is 0 Å². The third-order valence-corrected chi connectivity index (χ3v) is 3.43. The van der Waals surface area contributed by atoms with Crippen molar-refractivity contribution < 1.29 is 4.74 Å². The van der Waals surface area contributed by atoms with Crippen molar-refractivity contribution in [2.24, 2.45) is 0 Å². The second kappa shape index (κ2) is 6.73. The van der Waals surface area contributed by atoms with Crippen LogP contribution >= 0.6 is 0 Å². The summed E-state index contributed by atoms with van der Waals surface area (Å²) in [5.41, 5.74) is 2.88. The predicted molar refractivity (Wildman–Crippen MR) is 87.4 cm³/mol. The number of ether oxygens (including phenoxy) is 1. The zero-order chi connectivity index (χ0) is 15.4. The highest BCUT2D eigenvalue weighted by atomic mass is 16.5. The fourth-order valence-electron chi connectivity index (χ4n) is 2.02. The molecule has 0 aliphatic rings. The van der Waals surface area contributed by atoms with E-state index in [1.165, 1.54) is 11.1 Å². The number of likely N-dealkylation sites (N-methyl/N-ethyl adjacent to an activating group) is 1. The van der Waals surface area contributed by atoms with Gasteiger partial charge < -0.3 is 10.1 Å². The number of hydrogen-bond donors (Lipinski definition) is 1.